The number of carboxylic acid groups (broad SMARTS) is 1. The molecule has 1 fully saturated rings. The maximum Gasteiger partial charge on any atom is 0.317 e. The highest BCUT2D eigenvalue weighted by Gasteiger charge is 2.24. The van der Waals surface area contributed by atoms with Gasteiger partial charge in [-0.1, -0.05) is 31.2 Å². The number of hydrogen-bond acceptors (Lipinski definition) is 4. The van der Waals surface area contributed by atoms with E-state index in [2.05, 4.69) is 6.92 Å². The summed E-state index contributed by atoms with van der Waals surface area (Å²) < 4.78 is 0. The fraction of sp³-hybridized carbons (Fsp3) is 0.571. The maximum absolute atomic E-state index is 12.5. The first-order valence-electron chi connectivity index (χ1n) is 9.72. The lowest BCUT2D eigenvalue weighted by molar-refractivity contribution is -0.138. The van der Waals surface area contributed by atoms with Gasteiger partial charge in [0.15, 0.2) is 5.78 Å². The fourth-order valence-electron chi connectivity index (χ4n) is 3.56. The van der Waals surface area contributed by atoms with E-state index >= 15 is 0 Å². The summed E-state index contributed by atoms with van der Waals surface area (Å²) in [5.74, 6) is -0.824. The highest BCUT2D eigenvalue weighted by Crippen LogP contribution is 2.17. The third-order valence-electron chi connectivity index (χ3n) is 5.31. The summed E-state index contributed by atoms with van der Waals surface area (Å²) in [7, 11) is 1.82. The van der Waals surface area contributed by atoms with Crippen LogP contribution in [-0.4, -0.2) is 65.3 Å². The van der Waals surface area contributed by atoms with Crippen LogP contribution >= 0.6 is 0 Å². The van der Waals surface area contributed by atoms with Gasteiger partial charge < -0.3 is 10.0 Å². The molecule has 1 unspecified atom stereocenters. The molecule has 1 amide bonds. The van der Waals surface area contributed by atoms with Crippen molar-refractivity contribution in [3.8, 4) is 0 Å². The second-order valence-electron chi connectivity index (χ2n) is 7.25. The van der Waals surface area contributed by atoms with E-state index in [1.54, 1.807) is 0 Å². The molecule has 1 heterocycles. The van der Waals surface area contributed by atoms with Crippen molar-refractivity contribution in [3.63, 3.8) is 0 Å². The number of ketones is 1. The molecule has 6 nitrogen and oxygen atoms in total. The molecular formula is C21H30N2O4. The van der Waals surface area contributed by atoms with Crippen molar-refractivity contribution in [1.29, 1.82) is 0 Å². The number of carbonyl (C=O) groups excluding carboxylic acids is 2. The molecule has 1 aromatic carbocycles. The molecule has 1 aliphatic rings. The Morgan fingerprint density at radius 3 is 2.44 bits per heavy atom. The van der Waals surface area contributed by atoms with Crippen LogP contribution < -0.4 is 0 Å². The van der Waals surface area contributed by atoms with Crippen molar-refractivity contribution in [1.82, 2.24) is 9.80 Å². The number of nitrogens with zero attached hydrogens (tertiary/aromatic N) is 2. The summed E-state index contributed by atoms with van der Waals surface area (Å²) in [6.45, 7) is 3.38. The van der Waals surface area contributed by atoms with Crippen LogP contribution in [0.3, 0.4) is 0 Å². The van der Waals surface area contributed by atoms with E-state index in [4.69, 9.17) is 5.11 Å². The smallest absolute Gasteiger partial charge is 0.317 e. The SMILES string of the molecule is CCc1ccc(C(=O)CCC(=O)N2CCCC(N(C)CC(=O)O)CC2)cc1. The van der Waals surface area contributed by atoms with Crippen LogP contribution in [0.2, 0.25) is 0 Å². The van der Waals surface area contributed by atoms with Gasteiger partial charge in [0.05, 0.1) is 6.54 Å². The zero-order chi connectivity index (χ0) is 19.8. The topological polar surface area (TPSA) is 77.9 Å². The van der Waals surface area contributed by atoms with Gasteiger partial charge in [-0.25, -0.2) is 0 Å². The third-order valence-corrected chi connectivity index (χ3v) is 5.31. The second-order valence-corrected chi connectivity index (χ2v) is 7.25. The van der Waals surface area contributed by atoms with Crippen LogP contribution in [0.15, 0.2) is 24.3 Å². The predicted octanol–water partition coefficient (Wildman–Crippen LogP) is 2.61. The van der Waals surface area contributed by atoms with E-state index < -0.39 is 5.97 Å². The molecule has 0 aromatic heterocycles. The molecule has 0 spiro atoms. The number of rotatable bonds is 8. The van der Waals surface area contributed by atoms with E-state index in [1.807, 2.05) is 41.1 Å². The minimum absolute atomic E-state index is 0.0000990. The van der Waals surface area contributed by atoms with E-state index in [0.717, 1.165) is 25.7 Å². The van der Waals surface area contributed by atoms with Crippen molar-refractivity contribution < 1.29 is 19.5 Å². The van der Waals surface area contributed by atoms with Crippen LogP contribution in [0.4, 0.5) is 0 Å². The first-order valence-corrected chi connectivity index (χ1v) is 9.72. The fourth-order valence-corrected chi connectivity index (χ4v) is 3.56. The van der Waals surface area contributed by atoms with E-state index in [0.29, 0.717) is 18.7 Å². The van der Waals surface area contributed by atoms with Gasteiger partial charge in [0, 0.05) is 37.5 Å². The minimum atomic E-state index is -0.833. The Morgan fingerprint density at radius 2 is 1.81 bits per heavy atom. The molecular weight excluding hydrogens is 344 g/mol. The Labute approximate surface area is 161 Å². The molecule has 1 aromatic rings. The lowest BCUT2D eigenvalue weighted by Crippen LogP contribution is -2.37. The predicted molar refractivity (Wildman–Crippen MR) is 104 cm³/mol. The molecule has 0 radical (unpaired) electrons. The van der Waals surface area contributed by atoms with Crippen molar-refractivity contribution in [2.75, 3.05) is 26.7 Å². The Morgan fingerprint density at radius 1 is 1.11 bits per heavy atom. The van der Waals surface area contributed by atoms with Gasteiger partial charge in [0.2, 0.25) is 5.91 Å². The lowest BCUT2D eigenvalue weighted by atomic mass is 10.0. The number of aliphatic carboxylic acids is 1. The first-order chi connectivity index (χ1) is 12.9. The van der Waals surface area contributed by atoms with Crippen LogP contribution in [0.1, 0.15) is 54.9 Å². The number of benzene rings is 1. The number of carboxylic acids is 1. The van der Waals surface area contributed by atoms with Gasteiger partial charge in [0.25, 0.3) is 0 Å². The number of likely N-dealkylation sites (N-methyl/N-ethyl adjacent to an activating group) is 1. The van der Waals surface area contributed by atoms with Crippen molar-refractivity contribution >= 4 is 17.7 Å². The quantitative estimate of drug-likeness (QED) is 0.708. The standard InChI is InChI=1S/C21H30N2O4/c1-3-16-6-8-17(9-7-16)19(24)10-11-20(25)23-13-4-5-18(12-14-23)22(2)15-21(26)27/h6-9,18H,3-5,10-15H2,1-2H3,(H,26,27). The van der Waals surface area contributed by atoms with Crippen LogP contribution in [0.25, 0.3) is 0 Å². The molecule has 0 saturated carbocycles. The summed E-state index contributed by atoms with van der Waals surface area (Å²) in [5, 5.41) is 8.93. The van der Waals surface area contributed by atoms with Crippen molar-refractivity contribution in [2.45, 2.75) is 51.5 Å². The molecule has 6 heteroatoms. The van der Waals surface area contributed by atoms with Gasteiger partial charge >= 0.3 is 5.97 Å². The molecule has 148 valence electrons. The molecule has 27 heavy (non-hydrogen) atoms. The Hall–Kier alpha value is -2.21. The number of aryl methyl sites for hydroxylation is 1. The van der Waals surface area contributed by atoms with Crippen LogP contribution in [0.5, 0.6) is 0 Å². The van der Waals surface area contributed by atoms with Crippen LogP contribution in [0, 0.1) is 0 Å². The summed E-state index contributed by atoms with van der Waals surface area (Å²) >= 11 is 0. The minimum Gasteiger partial charge on any atom is -0.480 e. The Balaban J connectivity index is 1.81. The molecule has 1 atom stereocenters. The van der Waals surface area contributed by atoms with Gasteiger partial charge in [-0.05, 0) is 38.3 Å². The number of likely N-dealkylation sites (tertiary alicyclic amines) is 1. The van der Waals surface area contributed by atoms with Gasteiger partial charge in [0.1, 0.15) is 0 Å². The molecule has 1 saturated heterocycles. The normalized spacial score (nSPS) is 17.6. The van der Waals surface area contributed by atoms with E-state index in [-0.39, 0.29) is 37.1 Å². The molecule has 1 aliphatic heterocycles. The highest BCUT2D eigenvalue weighted by molar-refractivity contribution is 5.98. The summed E-state index contributed by atoms with van der Waals surface area (Å²) in [6.07, 6.45) is 3.89. The molecule has 0 bridgehead atoms. The first kappa shape index (κ1) is 21.1. The number of hydrogen-bond donors (Lipinski definition) is 1. The van der Waals surface area contributed by atoms with Crippen LogP contribution in [-0.2, 0) is 16.0 Å². The summed E-state index contributed by atoms with van der Waals surface area (Å²) in [6, 6.07) is 7.76. The monoisotopic (exact) mass is 374 g/mol. The van der Waals surface area contributed by atoms with E-state index in [9.17, 15) is 14.4 Å². The molecule has 0 aliphatic carbocycles. The largest absolute Gasteiger partial charge is 0.480 e. The zero-order valence-corrected chi connectivity index (χ0v) is 16.3. The zero-order valence-electron chi connectivity index (χ0n) is 16.3. The highest BCUT2D eigenvalue weighted by atomic mass is 16.4. The van der Waals surface area contributed by atoms with E-state index in [1.165, 1.54) is 5.56 Å². The number of Topliss-reactive ketones (excluding diaryl/α,β-unsaturated/α-hetero) is 1. The average Bonchev–Trinajstić information content (AvgIpc) is 2.91. The third kappa shape index (κ3) is 6.47. The molecule has 2 rings (SSSR count). The summed E-state index contributed by atoms with van der Waals surface area (Å²) in [5.41, 5.74) is 1.85. The van der Waals surface area contributed by atoms with Gasteiger partial charge in [-0.2, -0.15) is 0 Å². The molecule has 1 N–H and O–H groups in total. The number of carbonyl (C=O) groups is 3. The maximum atomic E-state index is 12.5. The second kappa shape index (κ2) is 10.2. The van der Waals surface area contributed by atoms with Gasteiger partial charge in [-0.15, -0.1) is 0 Å². The van der Waals surface area contributed by atoms with Crippen molar-refractivity contribution in [2.24, 2.45) is 0 Å². The number of amides is 1. The summed E-state index contributed by atoms with van der Waals surface area (Å²) in [4.78, 5) is 39.4. The van der Waals surface area contributed by atoms with Crippen molar-refractivity contribution in [3.05, 3.63) is 35.4 Å². The van der Waals surface area contributed by atoms with Gasteiger partial charge in [-0.3, -0.25) is 19.3 Å². The average molecular weight is 374 g/mol. The Bertz CT molecular complexity index is 657. The Kier molecular flexibility index (Phi) is 7.98. The lowest BCUT2D eigenvalue weighted by Gasteiger charge is -2.25.